The number of nitrogens with zero attached hydrogens (tertiary/aromatic N) is 2. The Kier molecular flexibility index (Phi) is 5.33. The molecule has 1 aromatic carbocycles. The topological polar surface area (TPSA) is 52.7 Å². The summed E-state index contributed by atoms with van der Waals surface area (Å²) in [6, 6.07) is 8.81. The minimum absolute atomic E-state index is 0.000748. The van der Waals surface area contributed by atoms with Crippen LogP contribution in [-0.2, 0) is 11.3 Å². The van der Waals surface area contributed by atoms with Gasteiger partial charge in [0.1, 0.15) is 0 Å². The number of amides is 3. The van der Waals surface area contributed by atoms with Crippen molar-refractivity contribution in [2.45, 2.75) is 49.2 Å². The van der Waals surface area contributed by atoms with Gasteiger partial charge < -0.3 is 15.1 Å². The molecule has 1 atom stereocenters. The van der Waals surface area contributed by atoms with Crippen LogP contribution in [0.3, 0.4) is 0 Å². The molecule has 6 heteroatoms. The molecule has 130 valence electrons. The van der Waals surface area contributed by atoms with E-state index in [-0.39, 0.29) is 18.0 Å². The number of benzene rings is 1. The molecule has 1 aliphatic heterocycles. The van der Waals surface area contributed by atoms with E-state index < -0.39 is 0 Å². The molecule has 0 spiro atoms. The molecule has 1 N–H and O–H groups in total. The summed E-state index contributed by atoms with van der Waals surface area (Å²) in [5, 5.41) is 3.12. The summed E-state index contributed by atoms with van der Waals surface area (Å²) in [6.45, 7) is 1.25. The second-order valence-corrected chi connectivity index (χ2v) is 7.55. The van der Waals surface area contributed by atoms with Crippen molar-refractivity contribution in [3.63, 3.8) is 0 Å². The predicted molar refractivity (Wildman–Crippen MR) is 96.0 cm³/mol. The van der Waals surface area contributed by atoms with Crippen molar-refractivity contribution in [1.82, 2.24) is 15.1 Å². The molecule has 0 aromatic heterocycles. The third-order valence-electron chi connectivity index (χ3n) is 4.71. The highest BCUT2D eigenvalue weighted by atomic mass is 32.2. The first-order chi connectivity index (χ1) is 11.6. The van der Waals surface area contributed by atoms with Gasteiger partial charge in [-0.15, -0.1) is 11.8 Å². The number of carbonyl (C=O) groups excluding carboxylic acids is 2. The first-order valence-electron chi connectivity index (χ1n) is 8.51. The Morgan fingerprint density at radius 3 is 2.58 bits per heavy atom. The summed E-state index contributed by atoms with van der Waals surface area (Å²) in [7, 11) is 1.80. The molecule has 5 nitrogen and oxygen atoms in total. The summed E-state index contributed by atoms with van der Waals surface area (Å²) < 4.78 is 0. The lowest BCUT2D eigenvalue weighted by Crippen LogP contribution is -2.52. The molecule has 3 rings (SSSR count). The molecule has 1 heterocycles. The predicted octanol–water partition coefficient (Wildman–Crippen LogP) is 2.70. The number of hydrogen-bond acceptors (Lipinski definition) is 3. The van der Waals surface area contributed by atoms with E-state index in [1.165, 1.54) is 4.90 Å². The summed E-state index contributed by atoms with van der Waals surface area (Å²) in [5.74, 6) is 0.161. The minimum atomic E-state index is -0.000748. The van der Waals surface area contributed by atoms with Crippen molar-refractivity contribution in [3.8, 4) is 0 Å². The monoisotopic (exact) mass is 347 g/mol. The van der Waals surface area contributed by atoms with Crippen molar-refractivity contribution < 1.29 is 9.59 Å². The lowest BCUT2D eigenvalue weighted by atomic mass is 10.1. The Balaban J connectivity index is 1.60. The highest BCUT2D eigenvalue weighted by Crippen LogP contribution is 2.29. The third kappa shape index (κ3) is 4.23. The quantitative estimate of drug-likeness (QED) is 0.833. The Bertz CT molecular complexity index is 601. The van der Waals surface area contributed by atoms with Gasteiger partial charge in [-0.3, -0.25) is 4.79 Å². The van der Waals surface area contributed by atoms with Crippen LogP contribution in [0.5, 0.6) is 0 Å². The first kappa shape index (κ1) is 17.1. The Morgan fingerprint density at radius 1 is 1.29 bits per heavy atom. The fraction of sp³-hybridized carbons (Fsp3) is 0.556. The maximum Gasteiger partial charge on any atom is 0.318 e. The van der Waals surface area contributed by atoms with Crippen molar-refractivity contribution >= 4 is 23.7 Å². The van der Waals surface area contributed by atoms with Crippen LogP contribution in [0, 0.1) is 0 Å². The molecule has 0 radical (unpaired) electrons. The maximum atomic E-state index is 12.7. The van der Waals surface area contributed by atoms with Crippen LogP contribution in [-0.4, -0.2) is 53.7 Å². The summed E-state index contributed by atoms with van der Waals surface area (Å²) in [5.41, 5.74) is 1.16. The molecule has 0 bridgehead atoms. The van der Waals surface area contributed by atoms with Gasteiger partial charge in [0.15, 0.2) is 0 Å². The van der Waals surface area contributed by atoms with Crippen LogP contribution in [0.15, 0.2) is 29.2 Å². The third-order valence-corrected chi connectivity index (χ3v) is 5.46. The highest BCUT2D eigenvalue weighted by Gasteiger charge is 2.34. The molecule has 24 heavy (non-hydrogen) atoms. The molecule has 1 aromatic rings. The largest absolute Gasteiger partial charge is 0.344 e. The number of hydrogen-bond donors (Lipinski definition) is 1. The average molecular weight is 347 g/mol. The number of likely N-dealkylation sites (N-methyl/N-ethyl adjacent to an activating group) is 1. The Hall–Kier alpha value is -1.69. The lowest BCUT2D eigenvalue weighted by Gasteiger charge is -2.32. The molecule has 1 saturated carbocycles. The Morgan fingerprint density at radius 2 is 2.00 bits per heavy atom. The van der Waals surface area contributed by atoms with Gasteiger partial charge in [-0.05, 0) is 43.2 Å². The second kappa shape index (κ2) is 7.47. The Labute approximate surface area is 147 Å². The van der Waals surface area contributed by atoms with E-state index in [4.69, 9.17) is 0 Å². The normalized spacial score (nSPS) is 20.8. The van der Waals surface area contributed by atoms with Crippen molar-refractivity contribution in [2.75, 3.05) is 19.8 Å². The number of nitrogens with one attached hydrogen (secondary N) is 1. The van der Waals surface area contributed by atoms with Gasteiger partial charge in [-0.1, -0.05) is 12.1 Å². The van der Waals surface area contributed by atoms with E-state index in [1.807, 2.05) is 4.90 Å². The number of rotatable bonds is 5. The summed E-state index contributed by atoms with van der Waals surface area (Å²) >= 11 is 1.72. The summed E-state index contributed by atoms with van der Waals surface area (Å²) in [6.07, 6.45) is 5.47. The van der Waals surface area contributed by atoms with Gasteiger partial charge >= 0.3 is 6.03 Å². The molecular weight excluding hydrogens is 322 g/mol. The van der Waals surface area contributed by atoms with E-state index in [2.05, 4.69) is 35.8 Å². The summed E-state index contributed by atoms with van der Waals surface area (Å²) in [4.78, 5) is 29.2. The molecule has 1 unspecified atom stereocenters. The van der Waals surface area contributed by atoms with E-state index in [9.17, 15) is 9.59 Å². The van der Waals surface area contributed by atoms with Gasteiger partial charge in [0.05, 0.1) is 0 Å². The van der Waals surface area contributed by atoms with E-state index in [0.29, 0.717) is 25.6 Å². The standard InChI is InChI=1S/C18H25N3O2S/c1-20-12-14(5-10-17(20)22)19-18(23)21(15-6-7-15)11-13-3-8-16(24-2)9-4-13/h3-4,8-9,14-15H,5-7,10-12H2,1-2H3,(H,19,23). The molecule has 3 amide bonds. The van der Waals surface area contributed by atoms with Crippen molar-refractivity contribution in [2.24, 2.45) is 0 Å². The second-order valence-electron chi connectivity index (χ2n) is 6.67. The zero-order valence-electron chi connectivity index (χ0n) is 14.3. The van der Waals surface area contributed by atoms with Gasteiger partial charge in [-0.25, -0.2) is 4.79 Å². The van der Waals surface area contributed by atoms with E-state index in [0.717, 1.165) is 24.8 Å². The fourth-order valence-electron chi connectivity index (χ4n) is 3.07. The zero-order valence-corrected chi connectivity index (χ0v) is 15.1. The fourth-order valence-corrected chi connectivity index (χ4v) is 3.48. The van der Waals surface area contributed by atoms with E-state index >= 15 is 0 Å². The minimum Gasteiger partial charge on any atom is -0.344 e. The van der Waals surface area contributed by atoms with Gasteiger partial charge in [0, 0.05) is 43.5 Å². The number of carbonyl (C=O) groups is 2. The molecule has 1 saturated heterocycles. The van der Waals surface area contributed by atoms with Gasteiger partial charge in [-0.2, -0.15) is 0 Å². The molecule has 1 aliphatic carbocycles. The van der Waals surface area contributed by atoms with Crippen LogP contribution in [0.1, 0.15) is 31.2 Å². The SMILES string of the molecule is CSc1ccc(CN(C(=O)NC2CCC(=O)N(C)C2)C2CC2)cc1. The first-order valence-corrected chi connectivity index (χ1v) is 9.73. The molecule has 2 fully saturated rings. The highest BCUT2D eigenvalue weighted by molar-refractivity contribution is 7.98. The smallest absolute Gasteiger partial charge is 0.318 e. The van der Waals surface area contributed by atoms with E-state index in [1.54, 1.807) is 23.7 Å². The van der Waals surface area contributed by atoms with Crippen molar-refractivity contribution in [3.05, 3.63) is 29.8 Å². The number of likely N-dealkylation sites (tertiary alicyclic amines) is 1. The average Bonchev–Trinajstić information content (AvgIpc) is 3.41. The van der Waals surface area contributed by atoms with Crippen molar-refractivity contribution in [1.29, 1.82) is 0 Å². The lowest BCUT2D eigenvalue weighted by molar-refractivity contribution is -0.132. The van der Waals surface area contributed by atoms with Crippen LogP contribution < -0.4 is 5.32 Å². The zero-order chi connectivity index (χ0) is 17.1. The van der Waals surface area contributed by atoms with Crippen LogP contribution in [0.2, 0.25) is 0 Å². The van der Waals surface area contributed by atoms with Crippen LogP contribution in [0.4, 0.5) is 4.79 Å². The number of urea groups is 1. The number of piperidine rings is 1. The molecule has 2 aliphatic rings. The maximum absolute atomic E-state index is 12.7. The van der Waals surface area contributed by atoms with Crippen LogP contribution in [0.25, 0.3) is 0 Å². The van der Waals surface area contributed by atoms with Gasteiger partial charge in [0.25, 0.3) is 0 Å². The molecular formula is C18H25N3O2S. The van der Waals surface area contributed by atoms with Crippen LogP contribution >= 0.6 is 11.8 Å². The number of thioether (sulfide) groups is 1. The van der Waals surface area contributed by atoms with Gasteiger partial charge in [0.2, 0.25) is 5.91 Å².